The zero-order valence-corrected chi connectivity index (χ0v) is 10.8. The third kappa shape index (κ3) is 1.61. The first kappa shape index (κ1) is 11.5. The van der Waals surface area contributed by atoms with Crippen LogP contribution in [0.2, 0.25) is 0 Å². The van der Waals surface area contributed by atoms with Gasteiger partial charge in [0, 0.05) is 0 Å². The summed E-state index contributed by atoms with van der Waals surface area (Å²) in [6.07, 6.45) is 1.45. The number of ether oxygens (including phenoxy) is 1. The third-order valence-electron chi connectivity index (χ3n) is 3.17. The van der Waals surface area contributed by atoms with E-state index >= 15 is 0 Å². The van der Waals surface area contributed by atoms with E-state index in [0.717, 1.165) is 34.2 Å². The van der Waals surface area contributed by atoms with Gasteiger partial charge >= 0.3 is 5.97 Å². The second kappa shape index (κ2) is 3.77. The van der Waals surface area contributed by atoms with Crippen LogP contribution in [-0.2, 0) is 10.2 Å². The molecule has 1 saturated carbocycles. The first-order valence-corrected chi connectivity index (χ1v) is 5.88. The summed E-state index contributed by atoms with van der Waals surface area (Å²) in [5.74, 6) is 0.00936. The Kier molecular flexibility index (Phi) is 2.70. The topological polar surface area (TPSA) is 46.5 Å². The highest BCUT2D eigenvalue weighted by atomic mass is 79.9. The minimum absolute atomic E-state index is 0.654. The first-order valence-electron chi connectivity index (χ1n) is 5.09. The predicted molar refractivity (Wildman–Crippen MR) is 64.0 cm³/mol. The Hall–Kier alpha value is -1.03. The van der Waals surface area contributed by atoms with Crippen molar-refractivity contribution in [3.8, 4) is 5.75 Å². The second-order valence-electron chi connectivity index (χ2n) is 4.19. The van der Waals surface area contributed by atoms with Gasteiger partial charge in [0.1, 0.15) is 5.75 Å². The first-order chi connectivity index (χ1) is 7.51. The molecule has 1 aliphatic rings. The Balaban J connectivity index is 2.51. The number of benzene rings is 1. The Bertz CT molecular complexity index is 450. The molecule has 0 atom stereocenters. The van der Waals surface area contributed by atoms with Gasteiger partial charge in [-0.1, -0.05) is 0 Å². The van der Waals surface area contributed by atoms with Crippen LogP contribution in [-0.4, -0.2) is 18.2 Å². The maximum absolute atomic E-state index is 11.3. The summed E-state index contributed by atoms with van der Waals surface area (Å²) >= 11 is 3.39. The van der Waals surface area contributed by atoms with Crippen LogP contribution < -0.4 is 4.74 Å². The standard InChI is InChI=1S/C12H13BrO3/c1-7-5-10(16-2)9(13)6-8(7)12(3-4-12)11(14)15/h5-6H,3-4H2,1-2H3,(H,14,15). The molecule has 0 heterocycles. The lowest BCUT2D eigenvalue weighted by molar-refractivity contribution is -0.140. The number of hydrogen-bond acceptors (Lipinski definition) is 2. The number of carboxylic acids is 1. The fourth-order valence-electron chi connectivity index (χ4n) is 2.05. The Morgan fingerprint density at radius 3 is 2.56 bits per heavy atom. The highest BCUT2D eigenvalue weighted by molar-refractivity contribution is 9.10. The van der Waals surface area contributed by atoms with Crippen molar-refractivity contribution in [2.45, 2.75) is 25.2 Å². The number of aliphatic carboxylic acids is 1. The average Bonchev–Trinajstić information content (AvgIpc) is 3.01. The molecule has 0 amide bonds. The van der Waals surface area contributed by atoms with Gasteiger partial charge in [0.15, 0.2) is 0 Å². The number of halogens is 1. The molecule has 2 rings (SSSR count). The van der Waals surface area contributed by atoms with Crippen LogP contribution in [0.15, 0.2) is 16.6 Å². The fourth-order valence-corrected chi connectivity index (χ4v) is 2.56. The summed E-state index contributed by atoms with van der Waals surface area (Å²) in [6.45, 7) is 1.92. The number of methoxy groups -OCH3 is 1. The van der Waals surface area contributed by atoms with Crippen LogP contribution in [0.3, 0.4) is 0 Å². The van der Waals surface area contributed by atoms with Crippen molar-refractivity contribution in [2.24, 2.45) is 0 Å². The number of rotatable bonds is 3. The predicted octanol–water partition coefficient (Wildman–Crippen LogP) is 2.88. The van der Waals surface area contributed by atoms with E-state index in [1.807, 2.05) is 19.1 Å². The molecule has 4 heteroatoms. The molecule has 1 aromatic carbocycles. The molecule has 86 valence electrons. The van der Waals surface area contributed by atoms with E-state index in [4.69, 9.17) is 4.74 Å². The molecule has 3 nitrogen and oxygen atoms in total. The molecule has 16 heavy (non-hydrogen) atoms. The van der Waals surface area contributed by atoms with Gasteiger partial charge in [0.2, 0.25) is 0 Å². The third-order valence-corrected chi connectivity index (χ3v) is 3.79. The summed E-state index contributed by atoms with van der Waals surface area (Å²) in [7, 11) is 1.60. The molecule has 0 spiro atoms. The summed E-state index contributed by atoms with van der Waals surface area (Å²) in [5.41, 5.74) is 1.21. The molecule has 0 aromatic heterocycles. The zero-order chi connectivity index (χ0) is 11.9. The molecular weight excluding hydrogens is 272 g/mol. The van der Waals surface area contributed by atoms with Crippen molar-refractivity contribution >= 4 is 21.9 Å². The van der Waals surface area contributed by atoms with Gasteiger partial charge < -0.3 is 9.84 Å². The highest BCUT2D eigenvalue weighted by Gasteiger charge is 2.52. The van der Waals surface area contributed by atoms with Gasteiger partial charge in [0.05, 0.1) is 17.0 Å². The van der Waals surface area contributed by atoms with Gasteiger partial charge in [-0.15, -0.1) is 0 Å². The number of carbonyl (C=O) groups is 1. The fraction of sp³-hybridized carbons (Fsp3) is 0.417. The lowest BCUT2D eigenvalue weighted by Crippen LogP contribution is -2.20. The number of carboxylic acid groups (broad SMARTS) is 1. The molecular formula is C12H13BrO3. The van der Waals surface area contributed by atoms with E-state index in [0.29, 0.717) is 0 Å². The molecule has 0 unspecified atom stereocenters. The van der Waals surface area contributed by atoms with Crippen LogP contribution in [0.5, 0.6) is 5.75 Å². The van der Waals surface area contributed by atoms with Gasteiger partial charge in [-0.3, -0.25) is 4.79 Å². The summed E-state index contributed by atoms with van der Waals surface area (Å²) in [6, 6.07) is 3.75. The van der Waals surface area contributed by atoms with Crippen LogP contribution >= 0.6 is 15.9 Å². The molecule has 0 aliphatic heterocycles. The Morgan fingerprint density at radius 2 is 2.12 bits per heavy atom. The van der Waals surface area contributed by atoms with Crippen molar-refractivity contribution < 1.29 is 14.6 Å². The van der Waals surface area contributed by atoms with Gasteiger partial charge in [-0.2, -0.15) is 0 Å². The Labute approximate surface area is 103 Å². The monoisotopic (exact) mass is 284 g/mol. The highest BCUT2D eigenvalue weighted by Crippen LogP contribution is 2.50. The molecule has 1 N–H and O–H groups in total. The summed E-state index contributed by atoms with van der Waals surface area (Å²) in [5, 5.41) is 9.25. The molecule has 1 fully saturated rings. The quantitative estimate of drug-likeness (QED) is 0.928. The van der Waals surface area contributed by atoms with E-state index in [1.165, 1.54) is 0 Å². The summed E-state index contributed by atoms with van der Waals surface area (Å²) in [4.78, 5) is 11.3. The molecule has 1 aliphatic carbocycles. The maximum atomic E-state index is 11.3. The lowest BCUT2D eigenvalue weighted by atomic mass is 9.92. The zero-order valence-electron chi connectivity index (χ0n) is 9.21. The second-order valence-corrected chi connectivity index (χ2v) is 5.04. The van der Waals surface area contributed by atoms with E-state index in [-0.39, 0.29) is 0 Å². The van der Waals surface area contributed by atoms with Crippen molar-refractivity contribution in [1.82, 2.24) is 0 Å². The molecule has 0 saturated heterocycles. The Morgan fingerprint density at radius 1 is 1.50 bits per heavy atom. The smallest absolute Gasteiger partial charge is 0.314 e. The van der Waals surface area contributed by atoms with Crippen molar-refractivity contribution in [3.05, 3.63) is 27.7 Å². The van der Waals surface area contributed by atoms with Crippen molar-refractivity contribution in [1.29, 1.82) is 0 Å². The molecule has 0 bridgehead atoms. The number of hydrogen-bond donors (Lipinski definition) is 1. The van der Waals surface area contributed by atoms with Crippen molar-refractivity contribution in [2.75, 3.05) is 7.11 Å². The van der Waals surface area contributed by atoms with Crippen LogP contribution in [0.1, 0.15) is 24.0 Å². The maximum Gasteiger partial charge on any atom is 0.314 e. The molecule has 1 aromatic rings. The van der Waals surface area contributed by atoms with Crippen molar-refractivity contribution in [3.63, 3.8) is 0 Å². The van der Waals surface area contributed by atoms with Crippen LogP contribution in [0, 0.1) is 6.92 Å². The van der Waals surface area contributed by atoms with E-state index in [1.54, 1.807) is 7.11 Å². The largest absolute Gasteiger partial charge is 0.496 e. The SMILES string of the molecule is COc1cc(C)c(C2(C(=O)O)CC2)cc1Br. The number of aryl methyl sites for hydroxylation is 1. The van der Waals surface area contributed by atoms with Gasteiger partial charge in [-0.25, -0.2) is 0 Å². The normalized spacial score (nSPS) is 16.9. The molecule has 0 radical (unpaired) electrons. The van der Waals surface area contributed by atoms with Crippen LogP contribution in [0.4, 0.5) is 0 Å². The lowest BCUT2D eigenvalue weighted by Gasteiger charge is -2.15. The van der Waals surface area contributed by atoms with E-state index < -0.39 is 11.4 Å². The van der Waals surface area contributed by atoms with Gasteiger partial charge in [-0.05, 0) is 59.0 Å². The van der Waals surface area contributed by atoms with E-state index in [9.17, 15) is 9.90 Å². The average molecular weight is 285 g/mol. The van der Waals surface area contributed by atoms with E-state index in [2.05, 4.69) is 15.9 Å². The summed E-state index contributed by atoms with van der Waals surface area (Å²) < 4.78 is 5.99. The van der Waals surface area contributed by atoms with Gasteiger partial charge in [0.25, 0.3) is 0 Å². The van der Waals surface area contributed by atoms with Crippen LogP contribution in [0.25, 0.3) is 0 Å². The minimum atomic E-state index is -0.729. The minimum Gasteiger partial charge on any atom is -0.496 e.